The van der Waals surface area contributed by atoms with Crippen LogP contribution in [0.15, 0.2) is 60.5 Å². The Labute approximate surface area is 158 Å². The highest BCUT2D eigenvalue weighted by molar-refractivity contribution is 7.09. The summed E-state index contributed by atoms with van der Waals surface area (Å²) in [5, 5.41) is 3.04. The molecule has 2 heterocycles. The molecule has 0 aliphatic carbocycles. The molecule has 0 atom stereocenters. The molecule has 2 aromatic carbocycles. The Morgan fingerprint density at radius 3 is 2.77 bits per heavy atom. The van der Waals surface area contributed by atoms with E-state index in [4.69, 9.17) is 0 Å². The number of benzene rings is 2. The van der Waals surface area contributed by atoms with E-state index in [0.717, 1.165) is 47.0 Å². The quantitative estimate of drug-likeness (QED) is 0.608. The number of thiazole rings is 1. The number of hydrogen-bond acceptors (Lipinski definition) is 3. The Balaban J connectivity index is 1.53. The fourth-order valence-electron chi connectivity index (χ4n) is 3.24. The van der Waals surface area contributed by atoms with Gasteiger partial charge in [-0.3, -0.25) is 0 Å². The first-order chi connectivity index (χ1) is 12.7. The molecule has 0 N–H and O–H groups in total. The van der Waals surface area contributed by atoms with Crippen molar-refractivity contribution >= 4 is 17.0 Å². The molecule has 3 aromatic rings. The minimum Gasteiger partial charge on any atom is -0.367 e. The number of aromatic nitrogens is 1. The van der Waals surface area contributed by atoms with E-state index in [-0.39, 0.29) is 0 Å². The Kier molecular flexibility index (Phi) is 4.60. The van der Waals surface area contributed by atoms with Gasteiger partial charge < -0.3 is 4.90 Å². The lowest BCUT2D eigenvalue weighted by molar-refractivity contribution is 0.374. The second-order valence-corrected chi connectivity index (χ2v) is 7.53. The Bertz CT molecular complexity index is 1020. The molecule has 0 spiro atoms. The van der Waals surface area contributed by atoms with Crippen LogP contribution in [-0.2, 0) is 13.0 Å². The van der Waals surface area contributed by atoms with Crippen LogP contribution >= 0.6 is 11.3 Å². The highest BCUT2D eigenvalue weighted by atomic mass is 32.1. The van der Waals surface area contributed by atoms with Gasteiger partial charge >= 0.3 is 0 Å². The molecular weight excluding hydrogens is 336 g/mol. The summed E-state index contributed by atoms with van der Waals surface area (Å²) in [4.78, 5) is 6.76. The van der Waals surface area contributed by atoms with Crippen LogP contribution in [0.3, 0.4) is 0 Å². The predicted molar refractivity (Wildman–Crippen MR) is 109 cm³/mol. The van der Waals surface area contributed by atoms with Crippen molar-refractivity contribution in [3.8, 4) is 11.8 Å². The van der Waals surface area contributed by atoms with Crippen LogP contribution in [-0.4, -0.2) is 16.4 Å². The van der Waals surface area contributed by atoms with Crippen LogP contribution in [0.5, 0.6) is 0 Å². The SMILES string of the molecule is C=C(c1cccc(C#Cc2csc(C)n2)c1)N1CCc2ccccc2C1. The van der Waals surface area contributed by atoms with Crippen LogP contribution in [0.1, 0.15) is 33.0 Å². The number of rotatable bonds is 2. The molecule has 0 amide bonds. The van der Waals surface area contributed by atoms with Crippen molar-refractivity contribution in [1.29, 1.82) is 0 Å². The zero-order valence-electron chi connectivity index (χ0n) is 14.8. The number of hydrogen-bond donors (Lipinski definition) is 0. The first-order valence-corrected chi connectivity index (χ1v) is 9.62. The van der Waals surface area contributed by atoms with Gasteiger partial charge in [0.05, 0.1) is 5.01 Å². The van der Waals surface area contributed by atoms with Crippen LogP contribution in [0.25, 0.3) is 5.70 Å². The van der Waals surface area contributed by atoms with E-state index in [9.17, 15) is 0 Å². The molecule has 0 radical (unpaired) electrons. The van der Waals surface area contributed by atoms with Gasteiger partial charge in [0.25, 0.3) is 0 Å². The maximum atomic E-state index is 4.40. The number of aryl methyl sites for hydroxylation is 1. The number of fused-ring (bicyclic) bond motifs is 1. The van der Waals surface area contributed by atoms with Crippen molar-refractivity contribution in [2.24, 2.45) is 0 Å². The van der Waals surface area contributed by atoms with E-state index in [1.54, 1.807) is 11.3 Å². The molecule has 4 rings (SSSR count). The third-order valence-corrected chi connectivity index (χ3v) is 5.44. The van der Waals surface area contributed by atoms with Gasteiger partial charge in [0, 0.05) is 29.7 Å². The molecule has 0 saturated heterocycles. The average Bonchev–Trinajstić information content (AvgIpc) is 3.11. The zero-order chi connectivity index (χ0) is 17.9. The fraction of sp³-hybridized carbons (Fsp3) is 0.174. The molecule has 0 unspecified atom stereocenters. The maximum Gasteiger partial charge on any atom is 0.124 e. The van der Waals surface area contributed by atoms with Crippen LogP contribution in [0, 0.1) is 18.8 Å². The standard InChI is InChI=1S/C23H20N2S/c1-17(25-13-12-20-7-3-4-8-22(20)15-25)21-9-5-6-19(14-21)10-11-23-16-26-18(2)24-23/h3-9,14,16H,1,12-13,15H2,2H3. The Hall–Kier alpha value is -2.83. The lowest BCUT2D eigenvalue weighted by Gasteiger charge is -2.32. The first kappa shape index (κ1) is 16.6. The summed E-state index contributed by atoms with van der Waals surface area (Å²) in [6, 6.07) is 17.0. The van der Waals surface area contributed by atoms with Crippen molar-refractivity contribution < 1.29 is 0 Å². The first-order valence-electron chi connectivity index (χ1n) is 8.74. The van der Waals surface area contributed by atoms with E-state index < -0.39 is 0 Å². The summed E-state index contributed by atoms with van der Waals surface area (Å²) in [6.07, 6.45) is 1.07. The molecule has 26 heavy (non-hydrogen) atoms. The molecule has 1 aliphatic heterocycles. The predicted octanol–water partition coefficient (Wildman–Crippen LogP) is 4.88. The highest BCUT2D eigenvalue weighted by Gasteiger charge is 2.17. The normalized spacial score (nSPS) is 12.9. The van der Waals surface area contributed by atoms with Gasteiger partial charge in [0.15, 0.2) is 0 Å². The van der Waals surface area contributed by atoms with E-state index in [2.05, 4.69) is 70.8 Å². The van der Waals surface area contributed by atoms with E-state index in [0.29, 0.717) is 0 Å². The Morgan fingerprint density at radius 2 is 1.96 bits per heavy atom. The minimum absolute atomic E-state index is 0.837. The summed E-state index contributed by atoms with van der Waals surface area (Å²) in [6.45, 7) is 8.27. The molecule has 1 aromatic heterocycles. The van der Waals surface area contributed by atoms with Gasteiger partial charge in [-0.15, -0.1) is 11.3 Å². The highest BCUT2D eigenvalue weighted by Crippen LogP contribution is 2.26. The average molecular weight is 356 g/mol. The van der Waals surface area contributed by atoms with Gasteiger partial charge in [0.1, 0.15) is 5.69 Å². The molecule has 3 heteroatoms. The van der Waals surface area contributed by atoms with Crippen molar-refractivity contribution in [3.05, 3.63) is 93.4 Å². The molecule has 0 bridgehead atoms. The van der Waals surface area contributed by atoms with E-state index in [1.165, 1.54) is 11.1 Å². The summed E-state index contributed by atoms with van der Waals surface area (Å²) < 4.78 is 0. The van der Waals surface area contributed by atoms with Crippen molar-refractivity contribution in [2.45, 2.75) is 19.9 Å². The van der Waals surface area contributed by atoms with Gasteiger partial charge in [-0.25, -0.2) is 4.98 Å². The number of nitrogens with zero attached hydrogens (tertiary/aromatic N) is 2. The fourth-order valence-corrected chi connectivity index (χ4v) is 3.79. The summed E-state index contributed by atoms with van der Waals surface area (Å²) in [5.41, 5.74) is 6.87. The molecule has 2 nitrogen and oxygen atoms in total. The van der Waals surface area contributed by atoms with E-state index in [1.807, 2.05) is 18.4 Å². The third kappa shape index (κ3) is 3.56. The smallest absolute Gasteiger partial charge is 0.124 e. The van der Waals surface area contributed by atoms with Crippen LogP contribution < -0.4 is 0 Å². The molecule has 1 aliphatic rings. The van der Waals surface area contributed by atoms with Crippen LogP contribution in [0.2, 0.25) is 0 Å². The monoisotopic (exact) mass is 356 g/mol. The summed E-state index contributed by atoms with van der Waals surface area (Å²) in [5.74, 6) is 6.37. The Morgan fingerprint density at radius 1 is 1.12 bits per heavy atom. The van der Waals surface area contributed by atoms with Crippen molar-refractivity contribution in [1.82, 2.24) is 9.88 Å². The maximum absolute atomic E-state index is 4.40. The van der Waals surface area contributed by atoms with Gasteiger partial charge in [-0.2, -0.15) is 0 Å². The lowest BCUT2D eigenvalue weighted by Crippen LogP contribution is -2.28. The molecular formula is C23H20N2S. The topological polar surface area (TPSA) is 16.1 Å². The van der Waals surface area contributed by atoms with Gasteiger partial charge in [-0.05, 0) is 48.1 Å². The lowest BCUT2D eigenvalue weighted by atomic mass is 9.98. The molecule has 0 saturated carbocycles. The zero-order valence-corrected chi connectivity index (χ0v) is 15.6. The second kappa shape index (κ2) is 7.19. The summed E-state index contributed by atoms with van der Waals surface area (Å²) in [7, 11) is 0. The molecule has 128 valence electrons. The van der Waals surface area contributed by atoms with Gasteiger partial charge in [0.2, 0.25) is 0 Å². The van der Waals surface area contributed by atoms with Crippen LogP contribution in [0.4, 0.5) is 0 Å². The second-order valence-electron chi connectivity index (χ2n) is 6.47. The molecule has 0 fully saturated rings. The van der Waals surface area contributed by atoms with Crippen molar-refractivity contribution in [2.75, 3.05) is 6.54 Å². The summed E-state index contributed by atoms with van der Waals surface area (Å²) >= 11 is 1.63. The van der Waals surface area contributed by atoms with Crippen molar-refractivity contribution in [3.63, 3.8) is 0 Å². The van der Waals surface area contributed by atoms with E-state index >= 15 is 0 Å². The van der Waals surface area contributed by atoms with Gasteiger partial charge in [-0.1, -0.05) is 48.9 Å². The largest absolute Gasteiger partial charge is 0.367 e. The third-order valence-electron chi connectivity index (χ3n) is 4.66. The minimum atomic E-state index is 0.837.